The zero-order valence-electron chi connectivity index (χ0n) is 8.11. The van der Waals surface area contributed by atoms with Crippen LogP contribution in [0.5, 0.6) is 0 Å². The normalized spacial score (nSPS) is 13.3. The number of pyridine rings is 1. The van der Waals surface area contributed by atoms with Crippen LogP contribution in [0, 0.1) is 0 Å². The van der Waals surface area contributed by atoms with Gasteiger partial charge in [0.2, 0.25) is 0 Å². The van der Waals surface area contributed by atoms with E-state index in [1.807, 2.05) is 6.92 Å². The molecule has 2 heterocycles. The van der Waals surface area contributed by atoms with E-state index >= 15 is 0 Å². The van der Waals surface area contributed by atoms with Crippen molar-refractivity contribution in [2.75, 3.05) is 0 Å². The summed E-state index contributed by atoms with van der Waals surface area (Å²) in [7, 11) is 0. The molecule has 0 saturated carbocycles. The summed E-state index contributed by atoms with van der Waals surface area (Å²) in [5, 5.41) is 10.8. The minimum Gasteiger partial charge on any atom is -0.387 e. The summed E-state index contributed by atoms with van der Waals surface area (Å²) in [5.74, 6) is 0. The topological polar surface area (TPSA) is 37.5 Å². The highest BCUT2D eigenvalue weighted by molar-refractivity contribution is 6.36. The molecule has 0 fully saturated rings. The fraction of sp³-hybridized carbons (Fsp3) is 0.300. The second-order valence-electron chi connectivity index (χ2n) is 3.31. The van der Waals surface area contributed by atoms with Crippen LogP contribution in [0.1, 0.15) is 25.1 Å². The van der Waals surface area contributed by atoms with E-state index in [1.54, 1.807) is 22.9 Å². The Kier molecular flexibility index (Phi) is 2.87. The minimum absolute atomic E-state index is 0.483. The van der Waals surface area contributed by atoms with Crippen LogP contribution >= 0.6 is 23.2 Å². The van der Waals surface area contributed by atoms with Crippen LogP contribution in [0.3, 0.4) is 0 Å². The Morgan fingerprint density at radius 3 is 2.93 bits per heavy atom. The van der Waals surface area contributed by atoms with Crippen molar-refractivity contribution in [2.24, 2.45) is 0 Å². The third kappa shape index (κ3) is 1.83. The summed E-state index contributed by atoms with van der Waals surface area (Å²) >= 11 is 11.9. The number of aliphatic hydroxyl groups is 1. The molecule has 15 heavy (non-hydrogen) atoms. The Bertz CT molecular complexity index is 495. The number of rotatable bonds is 2. The maximum Gasteiger partial charge on any atom is 0.155 e. The molecule has 3 nitrogen and oxygen atoms in total. The van der Waals surface area contributed by atoms with Gasteiger partial charge in [0.1, 0.15) is 0 Å². The molecule has 0 aromatic carbocycles. The Labute approximate surface area is 97.3 Å². The SMILES string of the molecule is CCC(O)c1cnc2c(Cl)cc(Cl)cn12. The molecule has 2 aromatic rings. The molecule has 5 heteroatoms. The van der Waals surface area contributed by atoms with Gasteiger partial charge >= 0.3 is 0 Å². The number of fused-ring (bicyclic) bond motifs is 1. The lowest BCUT2D eigenvalue weighted by Gasteiger charge is -2.07. The molecule has 0 bridgehead atoms. The van der Waals surface area contributed by atoms with Gasteiger partial charge in [-0.3, -0.25) is 4.40 Å². The average Bonchev–Trinajstić information content (AvgIpc) is 2.60. The summed E-state index contributed by atoms with van der Waals surface area (Å²) in [4.78, 5) is 4.14. The summed E-state index contributed by atoms with van der Waals surface area (Å²) < 4.78 is 1.72. The third-order valence-electron chi connectivity index (χ3n) is 2.28. The monoisotopic (exact) mass is 244 g/mol. The molecular formula is C10H10Cl2N2O. The van der Waals surface area contributed by atoms with E-state index in [0.29, 0.717) is 27.8 Å². The molecule has 1 unspecified atom stereocenters. The van der Waals surface area contributed by atoms with Gasteiger partial charge < -0.3 is 5.11 Å². The number of aliphatic hydroxyl groups excluding tert-OH is 1. The standard InChI is InChI=1S/C10H10Cl2N2O/c1-2-9(15)8-4-13-10-7(12)3-6(11)5-14(8)10/h3-5,9,15H,2H2,1H3. The van der Waals surface area contributed by atoms with E-state index in [2.05, 4.69) is 4.98 Å². The number of halogens is 2. The first-order chi connectivity index (χ1) is 7.13. The van der Waals surface area contributed by atoms with Gasteiger partial charge in [-0.1, -0.05) is 30.1 Å². The van der Waals surface area contributed by atoms with Crippen LogP contribution in [0.25, 0.3) is 5.65 Å². The largest absolute Gasteiger partial charge is 0.387 e. The van der Waals surface area contributed by atoms with Gasteiger partial charge in [-0.05, 0) is 12.5 Å². The van der Waals surface area contributed by atoms with Crippen LogP contribution in [0.2, 0.25) is 10.0 Å². The zero-order chi connectivity index (χ0) is 11.0. The van der Waals surface area contributed by atoms with Crippen molar-refractivity contribution in [3.63, 3.8) is 0 Å². The maximum absolute atomic E-state index is 9.75. The van der Waals surface area contributed by atoms with Crippen molar-refractivity contribution in [3.05, 3.63) is 34.2 Å². The number of hydrogen-bond acceptors (Lipinski definition) is 2. The third-order valence-corrected chi connectivity index (χ3v) is 2.77. The van der Waals surface area contributed by atoms with Gasteiger partial charge in [-0.2, -0.15) is 0 Å². The van der Waals surface area contributed by atoms with Crippen LogP contribution < -0.4 is 0 Å². The van der Waals surface area contributed by atoms with Crippen LogP contribution in [0.4, 0.5) is 0 Å². The van der Waals surface area contributed by atoms with Crippen molar-refractivity contribution in [1.82, 2.24) is 9.38 Å². The molecule has 1 N–H and O–H groups in total. The van der Waals surface area contributed by atoms with Gasteiger partial charge in [0.05, 0.1) is 28.0 Å². The van der Waals surface area contributed by atoms with Crippen LogP contribution in [0.15, 0.2) is 18.5 Å². The Balaban J connectivity index is 2.68. The van der Waals surface area contributed by atoms with Gasteiger partial charge in [-0.25, -0.2) is 4.98 Å². The van der Waals surface area contributed by atoms with Gasteiger partial charge in [0.25, 0.3) is 0 Å². The molecule has 0 aliphatic rings. The van der Waals surface area contributed by atoms with E-state index in [4.69, 9.17) is 23.2 Å². The Hall–Kier alpha value is -0.770. The molecule has 0 amide bonds. The smallest absolute Gasteiger partial charge is 0.155 e. The van der Waals surface area contributed by atoms with Gasteiger partial charge in [-0.15, -0.1) is 0 Å². The predicted octanol–water partition coefficient (Wildman–Crippen LogP) is 3.08. The highest BCUT2D eigenvalue weighted by atomic mass is 35.5. The molecule has 0 aliphatic carbocycles. The lowest BCUT2D eigenvalue weighted by atomic mass is 10.2. The van der Waals surface area contributed by atoms with Crippen LogP contribution in [-0.4, -0.2) is 14.5 Å². The first-order valence-corrected chi connectivity index (χ1v) is 5.39. The summed E-state index contributed by atoms with van der Waals surface area (Å²) in [6.45, 7) is 1.90. The number of aromatic nitrogens is 2. The predicted molar refractivity (Wildman–Crippen MR) is 60.5 cm³/mol. The number of imidazole rings is 1. The van der Waals surface area contributed by atoms with E-state index in [0.717, 1.165) is 0 Å². The minimum atomic E-state index is -0.547. The lowest BCUT2D eigenvalue weighted by molar-refractivity contribution is 0.168. The van der Waals surface area contributed by atoms with Crippen molar-refractivity contribution < 1.29 is 5.11 Å². The van der Waals surface area contributed by atoms with Gasteiger partial charge in [0.15, 0.2) is 5.65 Å². The van der Waals surface area contributed by atoms with Crippen molar-refractivity contribution in [1.29, 1.82) is 0 Å². The van der Waals surface area contributed by atoms with Crippen LogP contribution in [-0.2, 0) is 0 Å². The fourth-order valence-corrected chi connectivity index (χ4v) is 2.01. The fourth-order valence-electron chi connectivity index (χ4n) is 1.49. The first kappa shape index (κ1) is 10.7. The highest BCUT2D eigenvalue weighted by Crippen LogP contribution is 2.25. The highest BCUT2D eigenvalue weighted by Gasteiger charge is 2.13. The maximum atomic E-state index is 9.75. The van der Waals surface area contributed by atoms with E-state index in [-0.39, 0.29) is 0 Å². The number of hydrogen-bond donors (Lipinski definition) is 1. The Morgan fingerprint density at radius 2 is 2.27 bits per heavy atom. The Morgan fingerprint density at radius 1 is 1.53 bits per heavy atom. The van der Waals surface area contributed by atoms with E-state index in [9.17, 15) is 5.11 Å². The molecule has 2 aromatic heterocycles. The average molecular weight is 245 g/mol. The molecule has 0 aliphatic heterocycles. The molecule has 80 valence electrons. The van der Waals surface area contributed by atoms with Gasteiger partial charge in [0, 0.05) is 6.20 Å². The lowest BCUT2D eigenvalue weighted by Crippen LogP contribution is -2.00. The van der Waals surface area contributed by atoms with E-state index < -0.39 is 6.10 Å². The molecule has 1 atom stereocenters. The summed E-state index contributed by atoms with van der Waals surface area (Å²) in [6.07, 6.45) is 3.39. The van der Waals surface area contributed by atoms with Crippen molar-refractivity contribution >= 4 is 28.8 Å². The second-order valence-corrected chi connectivity index (χ2v) is 4.15. The van der Waals surface area contributed by atoms with Crippen molar-refractivity contribution in [2.45, 2.75) is 19.4 Å². The number of nitrogens with zero attached hydrogens (tertiary/aromatic N) is 2. The quantitative estimate of drug-likeness (QED) is 0.882. The van der Waals surface area contributed by atoms with Crippen molar-refractivity contribution in [3.8, 4) is 0 Å². The molecular weight excluding hydrogens is 235 g/mol. The zero-order valence-corrected chi connectivity index (χ0v) is 9.63. The summed E-state index contributed by atoms with van der Waals surface area (Å²) in [6, 6.07) is 1.63. The summed E-state index contributed by atoms with van der Waals surface area (Å²) in [5.41, 5.74) is 1.32. The molecule has 0 saturated heterocycles. The molecule has 2 rings (SSSR count). The molecule has 0 spiro atoms. The second kappa shape index (κ2) is 4.00. The van der Waals surface area contributed by atoms with E-state index in [1.165, 1.54) is 0 Å². The first-order valence-electron chi connectivity index (χ1n) is 4.63. The molecule has 0 radical (unpaired) electrons.